The fourth-order valence-corrected chi connectivity index (χ4v) is 3.40. The van der Waals surface area contributed by atoms with Gasteiger partial charge in [0.15, 0.2) is 5.96 Å². The minimum Gasteiger partial charge on any atom is -0.469 e. The Bertz CT molecular complexity index is 714. The first-order valence-electron chi connectivity index (χ1n) is 10.9. The van der Waals surface area contributed by atoms with Crippen molar-refractivity contribution in [2.75, 3.05) is 71.0 Å². The van der Waals surface area contributed by atoms with Crippen LogP contribution in [-0.4, -0.2) is 76.9 Å². The van der Waals surface area contributed by atoms with Crippen LogP contribution >= 0.6 is 0 Å². The van der Waals surface area contributed by atoms with Gasteiger partial charge in [0.05, 0.1) is 19.5 Å². The number of nitrogens with zero attached hydrogens (tertiary/aromatic N) is 3. The monoisotopic (exact) mass is 413 g/mol. The third kappa shape index (κ3) is 8.08. The van der Waals surface area contributed by atoms with Crippen LogP contribution in [0.1, 0.15) is 12.2 Å². The topological polar surface area (TPSA) is 65.3 Å². The molecule has 1 aromatic carbocycles. The molecule has 0 atom stereocenters. The highest BCUT2D eigenvalue weighted by Gasteiger charge is 2.10. The number of anilines is 1. The third-order valence-electron chi connectivity index (χ3n) is 5.19. The van der Waals surface area contributed by atoms with E-state index in [9.17, 15) is 0 Å². The summed E-state index contributed by atoms with van der Waals surface area (Å²) in [4.78, 5) is 9.48. The first-order chi connectivity index (χ1) is 14.8. The summed E-state index contributed by atoms with van der Waals surface area (Å²) in [5.41, 5.74) is 1.24. The fraction of sp³-hybridized carbons (Fsp3) is 0.522. The number of benzene rings is 1. The minimum absolute atomic E-state index is 0.783. The van der Waals surface area contributed by atoms with E-state index in [0.29, 0.717) is 0 Å². The number of guanidine groups is 1. The van der Waals surface area contributed by atoms with Crippen molar-refractivity contribution < 1.29 is 9.15 Å². The minimum atomic E-state index is 0.783. The molecule has 0 unspecified atom stereocenters. The van der Waals surface area contributed by atoms with Gasteiger partial charge in [-0.3, -0.25) is 9.89 Å². The summed E-state index contributed by atoms with van der Waals surface area (Å²) < 4.78 is 10.8. The van der Waals surface area contributed by atoms with Crippen LogP contribution in [0.2, 0.25) is 0 Å². The molecule has 7 nitrogen and oxygen atoms in total. The number of hydrogen-bond donors (Lipinski definition) is 2. The number of nitrogens with one attached hydrogen (secondary N) is 2. The second-order valence-electron chi connectivity index (χ2n) is 7.48. The quantitative estimate of drug-likeness (QED) is 0.335. The lowest BCUT2D eigenvalue weighted by Crippen LogP contribution is -2.45. The van der Waals surface area contributed by atoms with Gasteiger partial charge in [0, 0.05) is 65.0 Å². The zero-order chi connectivity index (χ0) is 20.9. The lowest BCUT2D eigenvalue weighted by Gasteiger charge is -2.26. The molecule has 1 saturated heterocycles. The molecule has 0 amide bonds. The highest BCUT2D eigenvalue weighted by atomic mass is 16.5. The summed E-state index contributed by atoms with van der Waals surface area (Å²) in [7, 11) is 2.13. The maximum atomic E-state index is 5.42. The highest BCUT2D eigenvalue weighted by molar-refractivity contribution is 5.79. The summed E-state index contributed by atoms with van der Waals surface area (Å²) in [6.45, 7) is 8.09. The van der Waals surface area contributed by atoms with Crippen molar-refractivity contribution in [3.8, 4) is 0 Å². The molecule has 0 spiro atoms. The van der Waals surface area contributed by atoms with E-state index in [0.717, 1.165) is 83.6 Å². The van der Waals surface area contributed by atoms with Gasteiger partial charge in [0.2, 0.25) is 0 Å². The van der Waals surface area contributed by atoms with Crippen molar-refractivity contribution in [2.45, 2.75) is 12.8 Å². The molecule has 0 bridgehead atoms. The van der Waals surface area contributed by atoms with E-state index < -0.39 is 0 Å². The Kier molecular flexibility index (Phi) is 9.56. The summed E-state index contributed by atoms with van der Waals surface area (Å²) in [6, 6.07) is 14.4. The molecular weight excluding hydrogens is 378 g/mol. The molecule has 0 radical (unpaired) electrons. The Hall–Kier alpha value is -2.51. The van der Waals surface area contributed by atoms with Crippen LogP contribution in [0, 0.1) is 0 Å². The lowest BCUT2D eigenvalue weighted by atomic mass is 10.3. The van der Waals surface area contributed by atoms with Crippen molar-refractivity contribution in [1.82, 2.24) is 15.5 Å². The predicted molar refractivity (Wildman–Crippen MR) is 122 cm³/mol. The number of para-hydroxylation sites is 1. The molecule has 0 aliphatic carbocycles. The third-order valence-corrected chi connectivity index (χ3v) is 5.19. The standard InChI is InChI=1S/C23H35N5O2/c1-27(21-7-3-2-4-8-21)14-6-11-24-23(25-12-10-22-9-5-18-30-22)26-13-15-28-16-19-29-20-17-28/h2-5,7-9,18H,6,10-17,19-20H2,1H3,(H2,24,25,26). The number of morpholine rings is 1. The molecule has 2 heterocycles. The largest absolute Gasteiger partial charge is 0.469 e. The van der Waals surface area contributed by atoms with E-state index >= 15 is 0 Å². The first kappa shape index (κ1) is 22.2. The van der Waals surface area contributed by atoms with Crippen LogP contribution in [0.25, 0.3) is 0 Å². The van der Waals surface area contributed by atoms with Gasteiger partial charge in [-0.15, -0.1) is 0 Å². The van der Waals surface area contributed by atoms with E-state index in [2.05, 4.69) is 51.7 Å². The number of rotatable bonds is 11. The van der Waals surface area contributed by atoms with Crippen molar-refractivity contribution in [3.63, 3.8) is 0 Å². The maximum Gasteiger partial charge on any atom is 0.191 e. The molecule has 3 rings (SSSR count). The van der Waals surface area contributed by atoms with Crippen LogP contribution in [-0.2, 0) is 11.2 Å². The smallest absolute Gasteiger partial charge is 0.191 e. The molecular formula is C23H35N5O2. The SMILES string of the molecule is CN(CCCN=C(NCCc1ccco1)NCCN1CCOCC1)c1ccccc1. The fourth-order valence-electron chi connectivity index (χ4n) is 3.40. The normalized spacial score (nSPS) is 15.2. The zero-order valence-corrected chi connectivity index (χ0v) is 18.1. The van der Waals surface area contributed by atoms with Crippen LogP contribution < -0.4 is 15.5 Å². The summed E-state index contributed by atoms with van der Waals surface area (Å²) >= 11 is 0. The lowest BCUT2D eigenvalue weighted by molar-refractivity contribution is 0.0389. The molecule has 164 valence electrons. The van der Waals surface area contributed by atoms with Gasteiger partial charge in [0.1, 0.15) is 5.76 Å². The second kappa shape index (κ2) is 12.9. The maximum absolute atomic E-state index is 5.42. The van der Waals surface area contributed by atoms with Gasteiger partial charge < -0.3 is 24.7 Å². The second-order valence-corrected chi connectivity index (χ2v) is 7.48. The van der Waals surface area contributed by atoms with Gasteiger partial charge in [-0.25, -0.2) is 0 Å². The molecule has 30 heavy (non-hydrogen) atoms. The van der Waals surface area contributed by atoms with Crippen molar-refractivity contribution in [2.24, 2.45) is 4.99 Å². The number of ether oxygens (including phenoxy) is 1. The van der Waals surface area contributed by atoms with E-state index in [4.69, 9.17) is 14.1 Å². The molecule has 1 aromatic heterocycles. The zero-order valence-electron chi connectivity index (χ0n) is 18.1. The average Bonchev–Trinajstić information content (AvgIpc) is 3.31. The number of furan rings is 1. The molecule has 1 fully saturated rings. The molecule has 1 aliphatic rings. The van der Waals surface area contributed by atoms with Gasteiger partial charge in [0.25, 0.3) is 0 Å². The molecule has 0 saturated carbocycles. The first-order valence-corrected chi connectivity index (χ1v) is 10.9. The Balaban J connectivity index is 1.41. The summed E-state index contributed by atoms with van der Waals surface area (Å²) in [5, 5.41) is 6.92. The van der Waals surface area contributed by atoms with Gasteiger partial charge in [-0.1, -0.05) is 18.2 Å². The van der Waals surface area contributed by atoms with Crippen molar-refractivity contribution in [1.29, 1.82) is 0 Å². The average molecular weight is 414 g/mol. The molecule has 2 N–H and O–H groups in total. The molecule has 1 aliphatic heterocycles. The molecule has 7 heteroatoms. The van der Waals surface area contributed by atoms with E-state index in [1.807, 2.05) is 18.2 Å². The Labute approximate surface area is 180 Å². The van der Waals surface area contributed by atoms with Crippen LogP contribution in [0.5, 0.6) is 0 Å². The van der Waals surface area contributed by atoms with Gasteiger partial charge in [-0.2, -0.15) is 0 Å². The summed E-state index contributed by atoms with van der Waals surface area (Å²) in [6.07, 6.45) is 3.56. The van der Waals surface area contributed by atoms with Crippen LogP contribution in [0.15, 0.2) is 58.1 Å². The van der Waals surface area contributed by atoms with E-state index in [1.165, 1.54) is 5.69 Å². The van der Waals surface area contributed by atoms with Crippen molar-refractivity contribution in [3.05, 3.63) is 54.5 Å². The van der Waals surface area contributed by atoms with Gasteiger partial charge in [-0.05, 0) is 30.7 Å². The van der Waals surface area contributed by atoms with Crippen LogP contribution in [0.4, 0.5) is 5.69 Å². The van der Waals surface area contributed by atoms with E-state index in [-0.39, 0.29) is 0 Å². The highest BCUT2D eigenvalue weighted by Crippen LogP contribution is 2.10. The molecule has 2 aromatic rings. The van der Waals surface area contributed by atoms with Crippen molar-refractivity contribution >= 4 is 11.6 Å². The Morgan fingerprint density at radius 1 is 1.07 bits per heavy atom. The Morgan fingerprint density at radius 3 is 2.63 bits per heavy atom. The van der Waals surface area contributed by atoms with Crippen LogP contribution in [0.3, 0.4) is 0 Å². The van der Waals surface area contributed by atoms with E-state index in [1.54, 1.807) is 6.26 Å². The summed E-state index contributed by atoms with van der Waals surface area (Å²) in [5.74, 6) is 1.86. The predicted octanol–water partition coefficient (Wildman–Crippen LogP) is 2.22. The Morgan fingerprint density at radius 2 is 1.87 bits per heavy atom. The van der Waals surface area contributed by atoms with Gasteiger partial charge >= 0.3 is 0 Å². The number of hydrogen-bond acceptors (Lipinski definition) is 5. The number of aliphatic imine (C=N–C) groups is 1.